The van der Waals surface area contributed by atoms with E-state index in [2.05, 4.69) is 15.9 Å². The van der Waals surface area contributed by atoms with Crippen LogP contribution < -0.4 is 0 Å². The summed E-state index contributed by atoms with van der Waals surface area (Å²) in [7, 11) is -3.48. The minimum absolute atomic E-state index is 0.0449. The van der Waals surface area contributed by atoms with Crippen LogP contribution in [0.1, 0.15) is 26.2 Å². The molecular formula is C12H15BrClNO2S. The van der Waals surface area contributed by atoms with E-state index in [4.69, 9.17) is 11.6 Å². The highest BCUT2D eigenvalue weighted by Crippen LogP contribution is 2.31. The van der Waals surface area contributed by atoms with Crippen molar-refractivity contribution in [2.24, 2.45) is 0 Å². The summed E-state index contributed by atoms with van der Waals surface area (Å²) in [5, 5.41) is 0.266. The van der Waals surface area contributed by atoms with Gasteiger partial charge in [-0.1, -0.05) is 34.0 Å². The zero-order valence-electron chi connectivity index (χ0n) is 10.1. The van der Waals surface area contributed by atoms with E-state index in [1.54, 1.807) is 22.5 Å². The summed E-state index contributed by atoms with van der Waals surface area (Å²) in [5.41, 5.74) is 0. The molecule has 0 radical (unpaired) electrons. The molecule has 6 heteroatoms. The monoisotopic (exact) mass is 351 g/mol. The van der Waals surface area contributed by atoms with Crippen LogP contribution in [0.3, 0.4) is 0 Å². The fraction of sp³-hybridized carbons (Fsp3) is 0.500. The molecule has 18 heavy (non-hydrogen) atoms. The average Bonchev–Trinajstić information content (AvgIpc) is 2.28. The molecule has 0 N–H and O–H groups in total. The molecule has 1 aliphatic heterocycles. The molecule has 1 aromatic rings. The normalized spacial score (nSPS) is 22.1. The number of hydrogen-bond donors (Lipinski definition) is 0. The SMILES string of the molecule is C[C@H]1CCCCN1S(=O)(=O)c1ccc(Br)cc1Cl. The van der Waals surface area contributed by atoms with E-state index in [9.17, 15) is 8.42 Å². The van der Waals surface area contributed by atoms with Crippen LogP contribution in [0, 0.1) is 0 Å². The van der Waals surface area contributed by atoms with Crippen LogP contribution >= 0.6 is 27.5 Å². The Kier molecular flexibility index (Phi) is 4.36. The van der Waals surface area contributed by atoms with Gasteiger partial charge in [0, 0.05) is 17.1 Å². The molecule has 1 aliphatic rings. The van der Waals surface area contributed by atoms with Gasteiger partial charge in [0.2, 0.25) is 10.0 Å². The molecule has 0 amide bonds. The van der Waals surface area contributed by atoms with Crippen LogP contribution in [0.4, 0.5) is 0 Å². The Morgan fingerprint density at radius 1 is 1.39 bits per heavy atom. The van der Waals surface area contributed by atoms with Gasteiger partial charge in [-0.25, -0.2) is 8.42 Å². The first kappa shape index (κ1) is 14.3. The minimum Gasteiger partial charge on any atom is -0.207 e. The van der Waals surface area contributed by atoms with E-state index in [1.807, 2.05) is 6.92 Å². The van der Waals surface area contributed by atoms with Crippen molar-refractivity contribution in [1.29, 1.82) is 0 Å². The van der Waals surface area contributed by atoms with Gasteiger partial charge in [-0.15, -0.1) is 0 Å². The maximum absolute atomic E-state index is 12.6. The van der Waals surface area contributed by atoms with Crippen LogP contribution in [-0.2, 0) is 10.0 Å². The topological polar surface area (TPSA) is 37.4 Å². The van der Waals surface area contributed by atoms with Crippen molar-refractivity contribution in [3.05, 3.63) is 27.7 Å². The quantitative estimate of drug-likeness (QED) is 0.814. The highest BCUT2D eigenvalue weighted by molar-refractivity contribution is 9.10. The average molecular weight is 353 g/mol. The number of benzene rings is 1. The van der Waals surface area contributed by atoms with Gasteiger partial charge >= 0.3 is 0 Å². The first-order valence-electron chi connectivity index (χ1n) is 5.90. The maximum atomic E-state index is 12.6. The van der Waals surface area contributed by atoms with Crippen molar-refractivity contribution >= 4 is 37.6 Å². The molecular weight excluding hydrogens is 338 g/mol. The molecule has 3 nitrogen and oxygen atoms in total. The second kappa shape index (κ2) is 5.49. The lowest BCUT2D eigenvalue weighted by Crippen LogP contribution is -2.42. The molecule has 2 rings (SSSR count). The smallest absolute Gasteiger partial charge is 0.207 e. The molecule has 100 valence electrons. The zero-order valence-corrected chi connectivity index (χ0v) is 13.2. The Labute approximate surface area is 121 Å². The van der Waals surface area contributed by atoms with E-state index < -0.39 is 10.0 Å². The van der Waals surface area contributed by atoms with Crippen molar-refractivity contribution in [2.75, 3.05) is 6.54 Å². The summed E-state index contributed by atoms with van der Waals surface area (Å²) >= 11 is 9.32. The van der Waals surface area contributed by atoms with Crippen LogP contribution in [-0.4, -0.2) is 25.3 Å². The van der Waals surface area contributed by atoms with Gasteiger partial charge in [-0.05, 0) is 38.0 Å². The number of halogens is 2. The lowest BCUT2D eigenvalue weighted by molar-refractivity contribution is 0.268. The summed E-state index contributed by atoms with van der Waals surface area (Å²) in [5.74, 6) is 0. The Morgan fingerprint density at radius 2 is 2.11 bits per heavy atom. The van der Waals surface area contributed by atoms with E-state index in [0.29, 0.717) is 6.54 Å². The predicted molar refractivity (Wildman–Crippen MR) is 76.4 cm³/mol. The summed E-state index contributed by atoms with van der Waals surface area (Å²) in [4.78, 5) is 0.195. The second-order valence-electron chi connectivity index (χ2n) is 4.54. The largest absolute Gasteiger partial charge is 0.244 e. The van der Waals surface area contributed by atoms with Crippen molar-refractivity contribution in [3.8, 4) is 0 Å². The van der Waals surface area contributed by atoms with Gasteiger partial charge in [0.25, 0.3) is 0 Å². The Hall–Kier alpha value is -0.100. The van der Waals surface area contributed by atoms with Gasteiger partial charge < -0.3 is 0 Å². The summed E-state index contributed by atoms with van der Waals surface area (Å²) in [6, 6.07) is 4.92. The lowest BCUT2D eigenvalue weighted by atomic mass is 10.1. The molecule has 0 bridgehead atoms. The molecule has 0 aliphatic carbocycles. The Bertz CT molecular complexity index is 547. The molecule has 1 aromatic carbocycles. The van der Waals surface area contributed by atoms with E-state index in [1.165, 1.54) is 0 Å². The van der Waals surface area contributed by atoms with E-state index >= 15 is 0 Å². The van der Waals surface area contributed by atoms with E-state index in [0.717, 1.165) is 23.7 Å². The van der Waals surface area contributed by atoms with Crippen molar-refractivity contribution in [3.63, 3.8) is 0 Å². The van der Waals surface area contributed by atoms with Crippen molar-refractivity contribution in [2.45, 2.75) is 37.1 Å². The second-order valence-corrected chi connectivity index (χ2v) is 7.72. The van der Waals surface area contributed by atoms with Crippen LogP contribution in [0.5, 0.6) is 0 Å². The summed E-state index contributed by atoms with van der Waals surface area (Å²) in [6.45, 7) is 2.53. The third-order valence-corrected chi connectivity index (χ3v) is 6.21. The first-order valence-corrected chi connectivity index (χ1v) is 8.51. The minimum atomic E-state index is -3.48. The summed E-state index contributed by atoms with van der Waals surface area (Å²) < 4.78 is 27.4. The molecule has 0 unspecified atom stereocenters. The third-order valence-electron chi connectivity index (χ3n) is 3.22. The Balaban J connectivity index is 2.41. The standard InChI is InChI=1S/C12H15BrClNO2S/c1-9-4-2-3-7-15(9)18(16,17)12-6-5-10(13)8-11(12)14/h5-6,8-9H,2-4,7H2,1H3/t9-/m0/s1. The third kappa shape index (κ3) is 2.74. The predicted octanol–water partition coefficient (Wildman–Crippen LogP) is 3.67. The number of hydrogen-bond acceptors (Lipinski definition) is 2. The maximum Gasteiger partial charge on any atom is 0.244 e. The van der Waals surface area contributed by atoms with Crippen LogP contribution in [0.2, 0.25) is 5.02 Å². The van der Waals surface area contributed by atoms with E-state index in [-0.39, 0.29) is 16.0 Å². The first-order chi connectivity index (χ1) is 8.43. The fourth-order valence-electron chi connectivity index (χ4n) is 2.24. The molecule has 1 heterocycles. The molecule has 1 fully saturated rings. The molecule has 1 atom stereocenters. The molecule has 1 saturated heterocycles. The van der Waals surface area contributed by atoms with Gasteiger partial charge in [0.15, 0.2) is 0 Å². The number of nitrogens with zero attached hydrogens (tertiary/aromatic N) is 1. The number of rotatable bonds is 2. The van der Waals surface area contributed by atoms with Gasteiger partial charge in [0.1, 0.15) is 4.90 Å². The van der Waals surface area contributed by atoms with Crippen molar-refractivity contribution < 1.29 is 8.42 Å². The number of piperidine rings is 1. The highest BCUT2D eigenvalue weighted by Gasteiger charge is 2.32. The van der Waals surface area contributed by atoms with Gasteiger partial charge in [0.05, 0.1) is 5.02 Å². The number of sulfonamides is 1. The van der Waals surface area contributed by atoms with Gasteiger partial charge in [-0.2, -0.15) is 4.31 Å². The summed E-state index contributed by atoms with van der Waals surface area (Å²) in [6.07, 6.45) is 2.91. The van der Waals surface area contributed by atoms with Crippen molar-refractivity contribution in [1.82, 2.24) is 4.31 Å². The molecule has 0 saturated carbocycles. The molecule has 0 spiro atoms. The molecule has 0 aromatic heterocycles. The lowest BCUT2D eigenvalue weighted by Gasteiger charge is -2.32. The highest BCUT2D eigenvalue weighted by atomic mass is 79.9. The Morgan fingerprint density at radius 3 is 2.72 bits per heavy atom. The fourth-order valence-corrected chi connectivity index (χ4v) is 4.95. The van der Waals surface area contributed by atoms with Crippen LogP contribution in [0.15, 0.2) is 27.6 Å². The zero-order chi connectivity index (χ0) is 13.3. The van der Waals surface area contributed by atoms with Gasteiger partial charge in [-0.3, -0.25) is 0 Å². The van der Waals surface area contributed by atoms with Crippen LogP contribution in [0.25, 0.3) is 0 Å².